The molecule has 0 bridgehead atoms. The van der Waals surface area contributed by atoms with Crippen LogP contribution < -0.4 is 0 Å². The van der Waals surface area contributed by atoms with E-state index in [9.17, 15) is 31.1 Å². The Balaban J connectivity index is 3.22. The minimum Gasteiger partial charge on any atom is -0.478 e. The molecule has 0 aliphatic heterocycles. The van der Waals surface area contributed by atoms with E-state index in [1.54, 1.807) is 6.92 Å². The molecule has 3 nitrogen and oxygen atoms in total. The molecule has 24 heavy (non-hydrogen) atoms. The molecule has 0 atom stereocenters. The van der Waals surface area contributed by atoms with Crippen LogP contribution in [0.2, 0.25) is 0 Å². The first-order valence-corrected chi connectivity index (χ1v) is 7.46. The molecule has 0 unspecified atom stereocenters. The predicted octanol–water partition coefficient (Wildman–Crippen LogP) is 4.77. The Labute approximate surface area is 143 Å². The van der Waals surface area contributed by atoms with Gasteiger partial charge in [0.25, 0.3) is 5.91 Å². The van der Waals surface area contributed by atoms with Gasteiger partial charge in [-0.25, -0.2) is 0 Å². The van der Waals surface area contributed by atoms with Crippen LogP contribution in [0.1, 0.15) is 28.4 Å². The minimum atomic E-state index is -5.03. The van der Waals surface area contributed by atoms with Crippen LogP contribution in [0.4, 0.5) is 26.3 Å². The summed E-state index contributed by atoms with van der Waals surface area (Å²) in [6.45, 7) is 1.83. The maximum atomic E-state index is 12.8. The van der Waals surface area contributed by atoms with Crippen LogP contribution in [-0.4, -0.2) is 28.2 Å². The number of hydrogen-bond acceptors (Lipinski definition) is 4. The largest absolute Gasteiger partial charge is 0.478 e. The number of nitrogens with zero attached hydrogens (tertiary/aromatic N) is 1. The van der Waals surface area contributed by atoms with Gasteiger partial charge in [-0.1, -0.05) is 0 Å². The Morgan fingerprint density at radius 3 is 1.96 bits per heavy atom. The molecule has 1 amide bonds. The number of ether oxygens (including phenoxy) is 1. The summed E-state index contributed by atoms with van der Waals surface area (Å²) in [5.41, 5.74) is -3.88. The highest BCUT2D eigenvalue weighted by Crippen LogP contribution is 2.36. The Bertz CT molecular complexity index is 598. The van der Waals surface area contributed by atoms with Gasteiger partial charge in [-0.2, -0.15) is 26.3 Å². The lowest BCUT2D eigenvalue weighted by atomic mass is 10.0. The van der Waals surface area contributed by atoms with E-state index in [4.69, 9.17) is 17.0 Å². The highest BCUT2D eigenvalue weighted by molar-refractivity contribution is 8.21. The van der Waals surface area contributed by atoms with E-state index in [1.807, 2.05) is 0 Å². The Morgan fingerprint density at radius 1 is 1.12 bits per heavy atom. The molecule has 0 spiro atoms. The van der Waals surface area contributed by atoms with Crippen molar-refractivity contribution in [1.82, 2.24) is 4.31 Å². The molecular formula is C13H11F6NO2S2. The van der Waals surface area contributed by atoms with Crippen molar-refractivity contribution in [2.75, 3.05) is 13.7 Å². The smallest absolute Gasteiger partial charge is 0.416 e. The zero-order valence-corrected chi connectivity index (χ0v) is 13.9. The summed E-state index contributed by atoms with van der Waals surface area (Å²) in [6.07, 6.45) is -10.1. The fraction of sp³-hybridized carbons (Fsp3) is 0.385. The number of thiocarbonyl (C=S) groups is 1. The molecule has 0 N–H and O–H groups in total. The van der Waals surface area contributed by atoms with Gasteiger partial charge in [0, 0.05) is 24.6 Å². The van der Waals surface area contributed by atoms with Crippen LogP contribution in [0.25, 0.3) is 0 Å². The van der Waals surface area contributed by atoms with Crippen LogP contribution in [0.3, 0.4) is 0 Å². The lowest BCUT2D eigenvalue weighted by Crippen LogP contribution is -2.23. The normalized spacial score (nSPS) is 12.0. The van der Waals surface area contributed by atoms with Crippen molar-refractivity contribution in [3.05, 3.63) is 34.9 Å². The second kappa shape index (κ2) is 7.60. The maximum absolute atomic E-state index is 12.8. The number of carbonyl (C=O) groups is 1. The summed E-state index contributed by atoms with van der Waals surface area (Å²) in [6, 6.07) is 0.672. The lowest BCUT2D eigenvalue weighted by molar-refractivity contribution is -0.143. The lowest BCUT2D eigenvalue weighted by Gasteiger charge is -2.18. The second-order valence-corrected chi connectivity index (χ2v) is 6.10. The van der Waals surface area contributed by atoms with Crippen LogP contribution >= 0.6 is 24.2 Å². The SMILES string of the molecule is CCOC(=S)SN(C)C(=O)c1cc(C(F)(F)F)cc(C(F)(F)F)c1. The first-order valence-electron chi connectivity index (χ1n) is 6.28. The third-order valence-corrected chi connectivity index (χ3v) is 3.64. The summed E-state index contributed by atoms with van der Waals surface area (Å²) < 4.78 is 82.2. The summed E-state index contributed by atoms with van der Waals surface area (Å²) in [5, 5.41) is 0. The molecule has 0 saturated heterocycles. The maximum Gasteiger partial charge on any atom is 0.416 e. The molecule has 0 heterocycles. The number of benzene rings is 1. The number of amides is 1. The first kappa shape index (κ1) is 20.6. The van der Waals surface area contributed by atoms with Gasteiger partial charge in [-0.05, 0) is 37.3 Å². The molecule has 0 aliphatic carbocycles. The van der Waals surface area contributed by atoms with E-state index < -0.39 is 35.0 Å². The zero-order valence-electron chi connectivity index (χ0n) is 12.3. The molecule has 0 aliphatic rings. The monoisotopic (exact) mass is 391 g/mol. The first-order chi connectivity index (χ1) is 10.9. The molecule has 1 aromatic rings. The van der Waals surface area contributed by atoms with Crippen molar-refractivity contribution in [2.45, 2.75) is 19.3 Å². The minimum absolute atomic E-state index is 0.0469. The fourth-order valence-corrected chi connectivity index (χ4v) is 2.59. The van der Waals surface area contributed by atoms with Crippen molar-refractivity contribution < 1.29 is 35.9 Å². The van der Waals surface area contributed by atoms with Crippen LogP contribution in [0.5, 0.6) is 0 Å². The average Bonchev–Trinajstić information content (AvgIpc) is 2.44. The number of hydrogen-bond donors (Lipinski definition) is 0. The van der Waals surface area contributed by atoms with Gasteiger partial charge in [-0.15, -0.1) is 0 Å². The number of carbonyl (C=O) groups excluding carboxylic acids is 1. The van der Waals surface area contributed by atoms with Crippen LogP contribution in [0.15, 0.2) is 18.2 Å². The van der Waals surface area contributed by atoms with Crippen molar-refractivity contribution in [2.24, 2.45) is 0 Å². The number of halogens is 6. The Hall–Kier alpha value is -1.49. The average molecular weight is 391 g/mol. The summed E-state index contributed by atoms with van der Waals surface area (Å²) in [7, 11) is 1.16. The molecule has 1 rings (SSSR count). The van der Waals surface area contributed by atoms with Gasteiger partial charge < -0.3 is 4.74 Å². The summed E-state index contributed by atoms with van der Waals surface area (Å²) in [5.74, 6) is -1.07. The molecule has 1 aromatic carbocycles. The molecule has 11 heteroatoms. The zero-order chi connectivity index (χ0) is 18.7. The van der Waals surface area contributed by atoms with E-state index in [1.165, 1.54) is 0 Å². The summed E-state index contributed by atoms with van der Waals surface area (Å²) >= 11 is 5.34. The fourth-order valence-electron chi connectivity index (χ4n) is 1.56. The van der Waals surface area contributed by atoms with Gasteiger partial charge in [0.1, 0.15) is 0 Å². The van der Waals surface area contributed by atoms with Crippen molar-refractivity contribution in [3.8, 4) is 0 Å². The molecule has 0 saturated carbocycles. The van der Waals surface area contributed by atoms with E-state index in [0.29, 0.717) is 24.1 Å². The Morgan fingerprint density at radius 2 is 1.58 bits per heavy atom. The van der Waals surface area contributed by atoms with Gasteiger partial charge in [-0.3, -0.25) is 9.10 Å². The third-order valence-electron chi connectivity index (χ3n) is 2.59. The number of rotatable bonds is 2. The van der Waals surface area contributed by atoms with Gasteiger partial charge in [0.2, 0.25) is 4.38 Å². The second-order valence-electron chi connectivity index (χ2n) is 4.37. The number of alkyl halides is 6. The standard InChI is InChI=1S/C13H11F6NO2S2/c1-3-22-11(23)24-20(2)10(21)7-4-8(12(14,15)16)6-9(5-7)13(17,18)19/h4-6H,3H2,1-2H3. The molecule has 0 fully saturated rings. The van der Waals surface area contributed by atoms with Crippen LogP contribution in [-0.2, 0) is 17.1 Å². The van der Waals surface area contributed by atoms with E-state index in [2.05, 4.69) is 0 Å². The van der Waals surface area contributed by atoms with E-state index in [0.717, 1.165) is 11.4 Å². The van der Waals surface area contributed by atoms with Gasteiger partial charge in [0.05, 0.1) is 17.7 Å². The summed E-state index contributed by atoms with van der Waals surface area (Å²) in [4.78, 5) is 12.1. The van der Waals surface area contributed by atoms with Crippen LogP contribution in [0, 0.1) is 0 Å². The highest BCUT2D eigenvalue weighted by Gasteiger charge is 2.37. The molecular weight excluding hydrogens is 380 g/mol. The Kier molecular flexibility index (Phi) is 6.51. The van der Waals surface area contributed by atoms with E-state index in [-0.39, 0.29) is 17.1 Å². The third kappa shape index (κ3) is 5.55. The quantitative estimate of drug-likeness (QED) is 0.413. The van der Waals surface area contributed by atoms with Gasteiger partial charge in [0.15, 0.2) is 0 Å². The predicted molar refractivity (Wildman–Crippen MR) is 80.4 cm³/mol. The van der Waals surface area contributed by atoms with Crippen molar-refractivity contribution in [1.29, 1.82) is 0 Å². The van der Waals surface area contributed by atoms with Crippen molar-refractivity contribution >= 4 is 34.5 Å². The van der Waals surface area contributed by atoms with Crippen molar-refractivity contribution in [3.63, 3.8) is 0 Å². The topological polar surface area (TPSA) is 29.5 Å². The molecule has 134 valence electrons. The van der Waals surface area contributed by atoms with Gasteiger partial charge >= 0.3 is 12.4 Å². The highest BCUT2D eigenvalue weighted by atomic mass is 32.2. The molecule has 0 radical (unpaired) electrons. The van der Waals surface area contributed by atoms with E-state index >= 15 is 0 Å². The molecule has 0 aromatic heterocycles.